The van der Waals surface area contributed by atoms with Crippen LogP contribution in [0, 0.1) is 0 Å². The first-order chi connectivity index (χ1) is 21.7. The molecule has 2 aliphatic heterocycles. The minimum Gasteiger partial charge on any atom is -0.395 e. The Hall–Kier alpha value is -3.23. The number of H-pyrrole nitrogens is 1. The highest BCUT2D eigenvalue weighted by Gasteiger charge is 2.54. The molecule has 0 aliphatic carbocycles. The number of oxime groups is 1. The molecule has 1 saturated heterocycles. The molecule has 0 bridgehead atoms. The fraction of sp³-hybridized carbons (Fsp3) is 0.261. The molecule has 0 aromatic carbocycles. The van der Waals surface area contributed by atoms with E-state index in [0.717, 1.165) is 31.8 Å². The second kappa shape index (κ2) is 13.6. The lowest BCUT2D eigenvalue weighted by molar-refractivity contribution is -0.671. The second-order valence-electron chi connectivity index (χ2n) is 9.12. The van der Waals surface area contributed by atoms with E-state index in [0.29, 0.717) is 11.4 Å². The van der Waals surface area contributed by atoms with E-state index in [9.17, 15) is 19.4 Å². The van der Waals surface area contributed by atoms with Crippen LogP contribution in [0.1, 0.15) is 18.4 Å². The van der Waals surface area contributed by atoms with Gasteiger partial charge < -0.3 is 19.9 Å². The van der Waals surface area contributed by atoms with Crippen molar-refractivity contribution in [1.82, 2.24) is 40.8 Å². The number of nitrogens with zero attached hydrogens (tertiary/aromatic N) is 8. The van der Waals surface area contributed by atoms with E-state index in [1.807, 2.05) is 41.5 Å². The van der Waals surface area contributed by atoms with E-state index < -0.39 is 25.8 Å². The van der Waals surface area contributed by atoms with Crippen LogP contribution >= 0.6 is 66.3 Å². The zero-order valence-corrected chi connectivity index (χ0v) is 28.0. The number of hydrogen-bond donors (Lipinski definition) is 5. The van der Waals surface area contributed by atoms with Crippen LogP contribution in [0.2, 0.25) is 4.34 Å². The number of anilines is 1. The molecule has 2 aliphatic rings. The highest BCUT2D eigenvalue weighted by Crippen LogP contribution is 2.48. The van der Waals surface area contributed by atoms with Gasteiger partial charge in [-0.05, 0) is 12.1 Å². The number of hydrogen-bond acceptors (Lipinski definition) is 16. The number of nitrogens with one attached hydrogen (secondary N) is 3. The molecule has 16 nitrogen and oxygen atoms in total. The first kappa shape index (κ1) is 31.7. The van der Waals surface area contributed by atoms with E-state index in [1.54, 1.807) is 11.8 Å². The normalized spacial score (nSPS) is 18.2. The molecule has 1 fully saturated rings. The van der Waals surface area contributed by atoms with Crippen molar-refractivity contribution in [2.75, 3.05) is 17.4 Å². The van der Waals surface area contributed by atoms with Crippen LogP contribution in [0.25, 0.3) is 17.0 Å². The third kappa shape index (κ3) is 6.68. The standard InChI is InChI=1S/C23H21ClN11O5PS4/c1-3-40-30-14(13-17(24)45-22(27-13)31-41(38)39)19(36)26-15-20(37)35-16(18-28-32-33-29-18)12(9-42-21(15)35)44-23-25-11(8-43-23)10-4-6-34(2)7-5-10/h4-8,15,21,38-39H,3,9H2,1-2H3,(H2-,26,27,28,29,31,32,33,36)/p+1/b30-14-. The van der Waals surface area contributed by atoms with Gasteiger partial charge in [0.15, 0.2) is 27.6 Å². The largest absolute Gasteiger partial charge is 0.395 e. The van der Waals surface area contributed by atoms with Crippen LogP contribution < -0.4 is 15.0 Å². The molecule has 0 spiro atoms. The molecule has 6 heterocycles. The minimum atomic E-state index is -2.51. The van der Waals surface area contributed by atoms with Gasteiger partial charge in [-0.3, -0.25) is 19.6 Å². The minimum absolute atomic E-state index is 0.0369. The van der Waals surface area contributed by atoms with Crippen LogP contribution in [0.15, 0.2) is 44.3 Å². The molecule has 4 aromatic heterocycles. The molecule has 2 unspecified atom stereocenters. The SMILES string of the molecule is CCO/N=C(\C(=O)NC1C(=O)N2C(c3nn[nH]n3)=C(Sc3nc(-c4cc[n+](C)cc4)cs3)CSC12)c1nc(NP(O)O)sc1Cl. The van der Waals surface area contributed by atoms with Crippen LogP contribution in [0.5, 0.6) is 0 Å². The lowest BCUT2D eigenvalue weighted by Crippen LogP contribution is -2.70. The Balaban J connectivity index is 1.23. The summed E-state index contributed by atoms with van der Waals surface area (Å²) < 4.78 is 2.79. The summed E-state index contributed by atoms with van der Waals surface area (Å²) in [5.74, 6) is -0.395. The Morgan fingerprint density at radius 3 is 2.87 bits per heavy atom. The molecule has 234 valence electrons. The second-order valence-corrected chi connectivity index (χ2v) is 14.8. The molecular formula is C23H22ClN11O5PS4+. The van der Waals surface area contributed by atoms with Gasteiger partial charge in [0.1, 0.15) is 40.8 Å². The Labute approximate surface area is 277 Å². The number of halogens is 1. The van der Waals surface area contributed by atoms with Crippen molar-refractivity contribution in [2.24, 2.45) is 12.2 Å². The molecule has 2 atom stereocenters. The number of carbonyl (C=O) groups excluding carboxylic acids is 2. The van der Waals surface area contributed by atoms with Crippen molar-refractivity contribution in [2.45, 2.75) is 22.7 Å². The summed E-state index contributed by atoms with van der Waals surface area (Å²) >= 11 is 11.6. The fourth-order valence-electron chi connectivity index (χ4n) is 4.27. The van der Waals surface area contributed by atoms with Gasteiger partial charge in [0.25, 0.3) is 20.3 Å². The van der Waals surface area contributed by atoms with Crippen molar-refractivity contribution < 1.29 is 28.8 Å². The van der Waals surface area contributed by atoms with E-state index in [1.165, 1.54) is 34.9 Å². The Morgan fingerprint density at radius 2 is 2.16 bits per heavy atom. The van der Waals surface area contributed by atoms with Gasteiger partial charge >= 0.3 is 0 Å². The highest BCUT2D eigenvalue weighted by atomic mass is 35.5. The molecule has 0 radical (unpaired) electrons. The van der Waals surface area contributed by atoms with Gasteiger partial charge in [-0.15, -0.1) is 33.3 Å². The number of β-lactam (4-membered cyclic amide) rings is 1. The molecule has 4 aromatic rings. The molecule has 22 heteroatoms. The number of aromatic nitrogens is 7. The van der Waals surface area contributed by atoms with Crippen molar-refractivity contribution in [3.05, 3.63) is 50.7 Å². The summed E-state index contributed by atoms with van der Waals surface area (Å²) in [7, 11) is -0.559. The predicted octanol–water partition coefficient (Wildman–Crippen LogP) is 2.18. The number of aromatic amines is 1. The molecule has 45 heavy (non-hydrogen) atoms. The summed E-state index contributed by atoms with van der Waals surface area (Å²) in [6.45, 7) is 1.84. The number of tetrazole rings is 1. The first-order valence-electron chi connectivity index (χ1n) is 12.9. The lowest BCUT2D eigenvalue weighted by atomic mass is 10.0. The average Bonchev–Trinajstić information content (AvgIpc) is 3.78. The summed E-state index contributed by atoms with van der Waals surface area (Å²) in [6.07, 6.45) is 3.91. The first-order valence-corrected chi connectivity index (χ1v) is 18.0. The van der Waals surface area contributed by atoms with Crippen LogP contribution in [-0.2, 0) is 21.5 Å². The van der Waals surface area contributed by atoms with Gasteiger partial charge in [0, 0.05) is 33.7 Å². The third-order valence-electron chi connectivity index (χ3n) is 6.25. The number of thioether (sulfide) groups is 2. The summed E-state index contributed by atoms with van der Waals surface area (Å²) in [6, 6.07) is 3.07. The Morgan fingerprint density at radius 1 is 1.36 bits per heavy atom. The van der Waals surface area contributed by atoms with Gasteiger partial charge in [-0.1, -0.05) is 39.9 Å². The van der Waals surface area contributed by atoms with Crippen molar-refractivity contribution >= 4 is 94.7 Å². The number of rotatable bonds is 11. The zero-order chi connectivity index (χ0) is 31.7. The topological polar surface area (TPSA) is 208 Å². The van der Waals surface area contributed by atoms with E-state index >= 15 is 0 Å². The van der Waals surface area contributed by atoms with Gasteiger partial charge in [0.05, 0.1) is 5.69 Å². The van der Waals surface area contributed by atoms with E-state index in [4.69, 9.17) is 21.4 Å². The smallest absolute Gasteiger partial charge is 0.283 e. The zero-order valence-electron chi connectivity index (χ0n) is 23.1. The fourth-order valence-corrected chi connectivity index (χ4v) is 9.28. The third-order valence-corrected chi connectivity index (χ3v) is 11.5. The number of aryl methyl sites for hydroxylation is 1. The van der Waals surface area contributed by atoms with E-state index in [-0.39, 0.29) is 39.2 Å². The maximum atomic E-state index is 13.6. The molecule has 6 rings (SSSR count). The quantitative estimate of drug-likeness (QED) is 0.0495. The maximum absolute atomic E-state index is 13.6. The van der Waals surface area contributed by atoms with Crippen LogP contribution in [0.4, 0.5) is 5.13 Å². The van der Waals surface area contributed by atoms with Crippen molar-refractivity contribution in [3.63, 3.8) is 0 Å². The number of carbonyl (C=O) groups is 2. The summed E-state index contributed by atoms with van der Waals surface area (Å²) in [5.41, 5.74) is 2.02. The van der Waals surface area contributed by atoms with Crippen molar-refractivity contribution in [3.8, 4) is 11.3 Å². The lowest BCUT2D eigenvalue weighted by Gasteiger charge is -2.49. The van der Waals surface area contributed by atoms with Gasteiger partial charge in [0.2, 0.25) is 5.82 Å². The summed E-state index contributed by atoms with van der Waals surface area (Å²) in [5, 5.41) is 25.0. The Kier molecular flexibility index (Phi) is 9.62. The Bertz CT molecular complexity index is 1780. The van der Waals surface area contributed by atoms with Gasteiger partial charge in [-0.25, -0.2) is 14.5 Å². The number of fused-ring (bicyclic) bond motifs is 1. The van der Waals surface area contributed by atoms with Crippen LogP contribution in [-0.4, -0.2) is 86.6 Å². The number of thiazole rings is 2. The van der Waals surface area contributed by atoms with Crippen LogP contribution in [0.3, 0.4) is 0 Å². The van der Waals surface area contributed by atoms with Crippen molar-refractivity contribution in [1.29, 1.82) is 0 Å². The molecule has 5 N–H and O–H groups in total. The molecule has 2 amide bonds. The molecular weight excluding hydrogens is 705 g/mol. The maximum Gasteiger partial charge on any atom is 0.283 e. The molecule has 0 saturated carbocycles. The van der Waals surface area contributed by atoms with E-state index in [2.05, 4.69) is 41.2 Å². The highest BCUT2D eigenvalue weighted by molar-refractivity contribution is 8.07. The predicted molar refractivity (Wildman–Crippen MR) is 171 cm³/mol. The average molecular weight is 727 g/mol. The monoisotopic (exact) mass is 726 g/mol. The number of amides is 2. The summed E-state index contributed by atoms with van der Waals surface area (Å²) in [4.78, 5) is 62.0. The van der Waals surface area contributed by atoms with Gasteiger partial charge in [-0.2, -0.15) is 5.21 Å². The number of pyridine rings is 1.